The van der Waals surface area contributed by atoms with E-state index in [-0.39, 0.29) is 17.7 Å². The minimum absolute atomic E-state index is 0.147. The van der Waals surface area contributed by atoms with E-state index in [1.165, 1.54) is 4.90 Å². The minimum Gasteiger partial charge on any atom is -0.457 e. The standard InChI is InChI=1S/C34H22BrNO3/c35-34-27-11-5-3-9-25(27)29(26-10-4-6-12-28(26)34)30-31(34)33(38)36(32(30)37)22-14-17-23(18-15-22)39-24-16-13-20-7-1-2-8-21(20)19-24/h1-19,29-31H/t29?,30-,31+,34?/m0/s1. The molecule has 5 aromatic rings. The van der Waals surface area contributed by atoms with Gasteiger partial charge in [-0.2, -0.15) is 0 Å². The van der Waals surface area contributed by atoms with Gasteiger partial charge < -0.3 is 4.74 Å². The third-order valence-corrected chi connectivity index (χ3v) is 9.91. The summed E-state index contributed by atoms with van der Waals surface area (Å²) in [4.78, 5) is 29.6. The van der Waals surface area contributed by atoms with Crippen molar-refractivity contribution >= 4 is 44.2 Å². The van der Waals surface area contributed by atoms with Crippen molar-refractivity contribution in [2.75, 3.05) is 4.90 Å². The maximum Gasteiger partial charge on any atom is 0.239 e. The summed E-state index contributed by atoms with van der Waals surface area (Å²) in [6.45, 7) is 0. The maximum absolute atomic E-state index is 14.1. The van der Waals surface area contributed by atoms with Gasteiger partial charge in [-0.3, -0.25) is 9.59 Å². The Hall–Kier alpha value is -4.22. The van der Waals surface area contributed by atoms with Gasteiger partial charge in [-0.05, 0) is 69.4 Å². The molecule has 1 heterocycles. The summed E-state index contributed by atoms with van der Waals surface area (Å²) in [5, 5.41) is 2.25. The van der Waals surface area contributed by atoms with Gasteiger partial charge >= 0.3 is 0 Å². The molecule has 0 spiro atoms. The van der Waals surface area contributed by atoms with Gasteiger partial charge in [0.05, 0.1) is 21.8 Å². The van der Waals surface area contributed by atoms with E-state index in [4.69, 9.17) is 4.74 Å². The van der Waals surface area contributed by atoms with Crippen LogP contribution in [0.25, 0.3) is 10.8 Å². The van der Waals surface area contributed by atoms with E-state index in [0.29, 0.717) is 11.4 Å². The van der Waals surface area contributed by atoms with Crippen LogP contribution in [0.1, 0.15) is 28.2 Å². The Bertz CT molecular complexity index is 1780. The summed E-state index contributed by atoms with van der Waals surface area (Å²) < 4.78 is 5.35. The van der Waals surface area contributed by atoms with Crippen molar-refractivity contribution in [2.45, 2.75) is 10.2 Å². The largest absolute Gasteiger partial charge is 0.457 e. The number of anilines is 1. The lowest BCUT2D eigenvalue weighted by Gasteiger charge is -2.51. The number of benzene rings is 5. The lowest BCUT2D eigenvalue weighted by molar-refractivity contribution is -0.122. The number of fused-ring (bicyclic) bond motifs is 1. The first-order chi connectivity index (χ1) is 19.1. The molecule has 2 amide bonds. The lowest BCUT2D eigenvalue weighted by Crippen LogP contribution is -2.50. The first-order valence-corrected chi connectivity index (χ1v) is 13.9. The average Bonchev–Trinajstić information content (AvgIpc) is 3.25. The number of rotatable bonds is 3. The second-order valence-corrected chi connectivity index (χ2v) is 11.7. The van der Waals surface area contributed by atoms with Gasteiger partial charge in [0.2, 0.25) is 11.8 Å². The van der Waals surface area contributed by atoms with Crippen molar-refractivity contribution in [2.24, 2.45) is 11.8 Å². The molecule has 3 aliphatic carbocycles. The molecule has 2 atom stereocenters. The second-order valence-electron chi connectivity index (χ2n) is 10.5. The fraction of sp³-hybridized carbons (Fsp3) is 0.118. The molecule has 0 radical (unpaired) electrons. The van der Waals surface area contributed by atoms with E-state index in [1.807, 2.05) is 66.7 Å². The molecular weight excluding hydrogens is 550 g/mol. The van der Waals surface area contributed by atoms with Gasteiger partial charge in [0.25, 0.3) is 0 Å². The summed E-state index contributed by atoms with van der Waals surface area (Å²) >= 11 is 4.05. The number of imide groups is 1. The topological polar surface area (TPSA) is 46.6 Å². The third-order valence-electron chi connectivity index (χ3n) is 8.57. The molecule has 5 aromatic carbocycles. The maximum atomic E-state index is 14.1. The fourth-order valence-electron chi connectivity index (χ4n) is 6.96. The number of halogens is 1. The van der Waals surface area contributed by atoms with E-state index in [1.54, 1.807) is 12.1 Å². The van der Waals surface area contributed by atoms with Crippen LogP contribution in [0.5, 0.6) is 11.5 Å². The molecule has 2 bridgehead atoms. The molecule has 4 nitrogen and oxygen atoms in total. The highest BCUT2D eigenvalue weighted by Gasteiger charge is 2.67. The van der Waals surface area contributed by atoms with Crippen LogP contribution >= 0.6 is 15.9 Å². The van der Waals surface area contributed by atoms with Crippen LogP contribution in [-0.2, 0) is 13.9 Å². The van der Waals surface area contributed by atoms with Crippen molar-refractivity contribution in [1.29, 1.82) is 0 Å². The zero-order chi connectivity index (χ0) is 26.3. The molecule has 0 N–H and O–H groups in total. The van der Waals surface area contributed by atoms with Crippen molar-refractivity contribution in [3.63, 3.8) is 0 Å². The van der Waals surface area contributed by atoms with E-state index < -0.39 is 16.2 Å². The zero-order valence-electron chi connectivity index (χ0n) is 20.8. The van der Waals surface area contributed by atoms with Gasteiger partial charge in [-0.25, -0.2) is 4.90 Å². The number of nitrogens with zero attached hydrogens (tertiary/aromatic N) is 1. The molecular formula is C34H22BrNO3. The van der Waals surface area contributed by atoms with Gasteiger partial charge in [-0.1, -0.05) is 94.8 Å². The predicted octanol–water partition coefficient (Wildman–Crippen LogP) is 7.54. The molecule has 4 aliphatic rings. The van der Waals surface area contributed by atoms with Crippen LogP contribution in [-0.4, -0.2) is 11.8 Å². The highest BCUT2D eigenvalue weighted by atomic mass is 79.9. The van der Waals surface area contributed by atoms with Crippen LogP contribution in [0.4, 0.5) is 5.69 Å². The van der Waals surface area contributed by atoms with Crippen LogP contribution in [0.2, 0.25) is 0 Å². The summed E-state index contributed by atoms with van der Waals surface area (Å²) in [5.74, 6) is -0.0797. The monoisotopic (exact) mass is 571 g/mol. The van der Waals surface area contributed by atoms with Gasteiger partial charge in [-0.15, -0.1) is 0 Å². The van der Waals surface area contributed by atoms with E-state index in [0.717, 1.165) is 38.8 Å². The Morgan fingerprint density at radius 1 is 0.641 bits per heavy atom. The molecule has 0 saturated carbocycles. The first kappa shape index (κ1) is 22.7. The minimum atomic E-state index is -0.750. The number of hydrogen-bond acceptors (Lipinski definition) is 3. The summed E-state index contributed by atoms with van der Waals surface area (Å²) in [6, 6.07) is 37.7. The smallest absolute Gasteiger partial charge is 0.239 e. The quantitative estimate of drug-likeness (QED) is 0.166. The Morgan fingerprint density at radius 3 is 1.92 bits per heavy atom. The van der Waals surface area contributed by atoms with Crippen LogP contribution in [0.15, 0.2) is 115 Å². The SMILES string of the molecule is O=C1[C@H]2C3c4ccccc4C(Br)(c4ccccc43)[C@H]2C(=O)N1c1ccc(Oc2ccc3ccccc3c2)cc1. The highest BCUT2D eigenvalue weighted by Crippen LogP contribution is 2.66. The Kier molecular flexibility index (Phi) is 4.74. The summed E-state index contributed by atoms with van der Waals surface area (Å²) in [7, 11) is 0. The molecule has 1 fully saturated rings. The van der Waals surface area contributed by atoms with Crippen LogP contribution in [0.3, 0.4) is 0 Å². The Morgan fingerprint density at radius 2 is 1.23 bits per heavy atom. The second kappa shape index (κ2) is 8.14. The molecule has 1 saturated heterocycles. The number of amides is 2. The predicted molar refractivity (Wildman–Crippen MR) is 154 cm³/mol. The van der Waals surface area contributed by atoms with Gasteiger partial charge in [0.1, 0.15) is 11.5 Å². The third kappa shape index (κ3) is 3.05. The van der Waals surface area contributed by atoms with E-state index in [2.05, 4.69) is 52.3 Å². The fourth-order valence-corrected chi connectivity index (χ4v) is 8.17. The van der Waals surface area contributed by atoms with Crippen molar-refractivity contribution in [3.05, 3.63) is 138 Å². The van der Waals surface area contributed by atoms with Crippen molar-refractivity contribution in [3.8, 4) is 11.5 Å². The lowest BCUT2D eigenvalue weighted by atomic mass is 9.55. The van der Waals surface area contributed by atoms with Gasteiger partial charge in [0, 0.05) is 5.92 Å². The van der Waals surface area contributed by atoms with E-state index in [9.17, 15) is 9.59 Å². The van der Waals surface area contributed by atoms with Crippen molar-refractivity contribution < 1.29 is 14.3 Å². The number of hydrogen-bond donors (Lipinski definition) is 0. The number of carbonyl (C=O) groups excluding carboxylic acids is 2. The molecule has 188 valence electrons. The molecule has 9 rings (SSSR count). The van der Waals surface area contributed by atoms with Crippen LogP contribution < -0.4 is 9.64 Å². The molecule has 1 aliphatic heterocycles. The van der Waals surface area contributed by atoms with Crippen LogP contribution in [0, 0.1) is 11.8 Å². The summed E-state index contributed by atoms with van der Waals surface area (Å²) in [6.07, 6.45) is 0. The Balaban J connectivity index is 1.15. The number of ether oxygens (including phenoxy) is 1. The molecule has 5 heteroatoms. The average molecular weight is 572 g/mol. The van der Waals surface area contributed by atoms with E-state index >= 15 is 0 Å². The zero-order valence-corrected chi connectivity index (χ0v) is 22.3. The number of carbonyl (C=O) groups is 2. The normalized spacial score (nSPS) is 24.4. The van der Waals surface area contributed by atoms with Crippen molar-refractivity contribution in [1.82, 2.24) is 0 Å². The molecule has 0 unspecified atom stereocenters. The molecule has 39 heavy (non-hydrogen) atoms. The highest BCUT2D eigenvalue weighted by molar-refractivity contribution is 9.09. The Labute approximate surface area is 234 Å². The summed E-state index contributed by atoms with van der Waals surface area (Å²) in [5.41, 5.74) is 4.97. The number of alkyl halides is 1. The first-order valence-electron chi connectivity index (χ1n) is 13.1. The van der Waals surface area contributed by atoms with Gasteiger partial charge in [0.15, 0.2) is 0 Å². The molecule has 0 aromatic heterocycles.